The minimum Gasteiger partial charge on any atom is -0.507 e. The number of Topliss-reactive ketones (excluding diaryl/α,β-unsaturated/α-hetero) is 1. The van der Waals surface area contributed by atoms with Gasteiger partial charge >= 0.3 is 0 Å². The van der Waals surface area contributed by atoms with Gasteiger partial charge in [0.1, 0.15) is 11.5 Å². The van der Waals surface area contributed by atoms with Gasteiger partial charge in [-0.05, 0) is 79.1 Å². The van der Waals surface area contributed by atoms with Crippen LogP contribution in [-0.2, 0) is 9.59 Å². The first-order chi connectivity index (χ1) is 15.3. The summed E-state index contributed by atoms with van der Waals surface area (Å²) in [7, 11) is 1.57. The number of aliphatic hydroxyl groups is 1. The van der Waals surface area contributed by atoms with Crippen molar-refractivity contribution in [1.29, 1.82) is 0 Å². The van der Waals surface area contributed by atoms with Crippen LogP contribution in [0.15, 0.2) is 72.3 Å². The fourth-order valence-electron chi connectivity index (χ4n) is 3.84. The highest BCUT2D eigenvalue weighted by Crippen LogP contribution is 2.42. The Morgan fingerprint density at radius 3 is 2.19 bits per heavy atom. The number of anilines is 1. The molecule has 0 radical (unpaired) electrons. The molecule has 4 rings (SSSR count). The molecule has 0 bridgehead atoms. The van der Waals surface area contributed by atoms with Crippen LogP contribution in [0.1, 0.15) is 28.3 Å². The highest BCUT2D eigenvalue weighted by molar-refractivity contribution is 6.51. The minimum atomic E-state index is -0.793. The van der Waals surface area contributed by atoms with E-state index in [2.05, 4.69) is 0 Å². The Morgan fingerprint density at radius 2 is 1.59 bits per heavy atom. The molecule has 1 amide bonds. The van der Waals surface area contributed by atoms with Crippen molar-refractivity contribution >= 4 is 34.7 Å². The molecule has 32 heavy (non-hydrogen) atoms. The third kappa shape index (κ3) is 3.76. The highest BCUT2D eigenvalue weighted by atomic mass is 35.5. The predicted octanol–water partition coefficient (Wildman–Crippen LogP) is 5.59. The average molecular weight is 448 g/mol. The van der Waals surface area contributed by atoms with E-state index in [9.17, 15) is 14.7 Å². The van der Waals surface area contributed by atoms with Crippen LogP contribution in [0.3, 0.4) is 0 Å². The van der Waals surface area contributed by atoms with Gasteiger partial charge in [0, 0.05) is 16.3 Å². The third-order valence-corrected chi connectivity index (χ3v) is 6.01. The van der Waals surface area contributed by atoms with Crippen LogP contribution in [0, 0.1) is 13.8 Å². The van der Waals surface area contributed by atoms with Gasteiger partial charge in [-0.25, -0.2) is 0 Å². The molecule has 1 aliphatic heterocycles. The molecule has 1 heterocycles. The van der Waals surface area contributed by atoms with Crippen LogP contribution in [0.5, 0.6) is 5.75 Å². The SMILES string of the molecule is COc1ccc(C2/C(=C(\O)c3ccc(Cl)cc3)C(=O)C(=O)N2c2ccc(C)c(C)c2)cc1. The lowest BCUT2D eigenvalue weighted by Gasteiger charge is -2.26. The molecule has 1 atom stereocenters. The molecule has 1 fully saturated rings. The van der Waals surface area contributed by atoms with Gasteiger partial charge in [0.2, 0.25) is 0 Å². The molecule has 3 aromatic carbocycles. The summed E-state index contributed by atoms with van der Waals surface area (Å²) in [5.41, 5.74) is 3.78. The molecule has 0 saturated carbocycles. The summed E-state index contributed by atoms with van der Waals surface area (Å²) in [6, 6.07) is 18.4. The number of hydrogen-bond acceptors (Lipinski definition) is 4. The van der Waals surface area contributed by atoms with Crippen molar-refractivity contribution in [3.8, 4) is 5.75 Å². The second-order valence-electron chi connectivity index (χ2n) is 7.72. The average Bonchev–Trinajstić information content (AvgIpc) is 3.06. The molecular weight excluding hydrogens is 426 g/mol. The van der Waals surface area contributed by atoms with Crippen molar-refractivity contribution in [1.82, 2.24) is 0 Å². The fourth-order valence-corrected chi connectivity index (χ4v) is 3.97. The van der Waals surface area contributed by atoms with Crippen molar-refractivity contribution in [3.63, 3.8) is 0 Å². The van der Waals surface area contributed by atoms with Crippen LogP contribution in [0.4, 0.5) is 5.69 Å². The summed E-state index contributed by atoms with van der Waals surface area (Å²) in [5, 5.41) is 11.6. The molecule has 6 heteroatoms. The lowest BCUT2D eigenvalue weighted by Crippen LogP contribution is -2.29. The van der Waals surface area contributed by atoms with Crippen LogP contribution in [0.25, 0.3) is 5.76 Å². The maximum Gasteiger partial charge on any atom is 0.300 e. The molecular formula is C26H22ClNO4. The quantitative estimate of drug-likeness (QED) is 0.321. The number of halogens is 1. The molecule has 0 spiro atoms. The third-order valence-electron chi connectivity index (χ3n) is 5.76. The Kier molecular flexibility index (Phi) is 5.76. The Balaban J connectivity index is 1.94. The summed E-state index contributed by atoms with van der Waals surface area (Å²) in [4.78, 5) is 27.8. The molecule has 162 valence electrons. The van der Waals surface area contributed by atoms with Crippen molar-refractivity contribution in [2.75, 3.05) is 12.0 Å². The largest absolute Gasteiger partial charge is 0.507 e. The smallest absolute Gasteiger partial charge is 0.300 e. The second kappa shape index (κ2) is 8.52. The number of aliphatic hydroxyl groups excluding tert-OH is 1. The zero-order valence-electron chi connectivity index (χ0n) is 17.9. The number of ether oxygens (including phenoxy) is 1. The van der Waals surface area contributed by atoms with E-state index in [1.807, 2.05) is 32.0 Å². The molecule has 1 saturated heterocycles. The van der Waals surface area contributed by atoms with Crippen molar-refractivity contribution in [3.05, 3.63) is 99.6 Å². The van der Waals surface area contributed by atoms with Crippen molar-refractivity contribution in [2.24, 2.45) is 0 Å². The fraction of sp³-hybridized carbons (Fsp3) is 0.154. The van der Waals surface area contributed by atoms with E-state index in [4.69, 9.17) is 16.3 Å². The summed E-state index contributed by atoms with van der Waals surface area (Å²) < 4.78 is 5.25. The zero-order chi connectivity index (χ0) is 23.0. The monoisotopic (exact) mass is 447 g/mol. The number of benzene rings is 3. The first-order valence-electron chi connectivity index (χ1n) is 10.1. The summed E-state index contributed by atoms with van der Waals surface area (Å²) in [6.07, 6.45) is 0. The summed E-state index contributed by atoms with van der Waals surface area (Å²) >= 11 is 5.97. The molecule has 3 aromatic rings. The Morgan fingerprint density at radius 1 is 0.938 bits per heavy atom. The Bertz CT molecular complexity index is 1230. The second-order valence-corrected chi connectivity index (χ2v) is 8.15. The molecule has 1 aliphatic rings. The molecule has 1 N–H and O–H groups in total. The standard InChI is InChI=1S/C26H22ClNO4/c1-15-4-11-20(14-16(15)2)28-23(17-7-12-21(32-3)13-8-17)22(25(30)26(28)31)24(29)18-5-9-19(27)10-6-18/h4-14,23,29H,1-3H3/b24-22+. The van der Waals surface area contributed by atoms with Gasteiger partial charge in [-0.3, -0.25) is 14.5 Å². The van der Waals surface area contributed by atoms with Crippen LogP contribution in [0.2, 0.25) is 5.02 Å². The van der Waals surface area contributed by atoms with Crippen LogP contribution >= 0.6 is 11.6 Å². The van der Waals surface area contributed by atoms with E-state index >= 15 is 0 Å². The molecule has 0 aromatic heterocycles. The van der Waals surface area contributed by atoms with E-state index < -0.39 is 17.7 Å². The number of aryl methyl sites for hydroxylation is 2. The number of ketones is 1. The maximum atomic E-state index is 13.2. The Labute approximate surface area is 191 Å². The number of nitrogens with zero attached hydrogens (tertiary/aromatic N) is 1. The van der Waals surface area contributed by atoms with Crippen LogP contribution < -0.4 is 9.64 Å². The molecule has 0 aliphatic carbocycles. The maximum absolute atomic E-state index is 13.2. The van der Waals surface area contributed by atoms with Crippen molar-refractivity contribution < 1.29 is 19.4 Å². The molecule has 5 nitrogen and oxygen atoms in total. The zero-order valence-corrected chi connectivity index (χ0v) is 18.7. The number of amides is 1. The number of methoxy groups -OCH3 is 1. The normalized spacial score (nSPS) is 17.6. The number of carbonyl (C=O) groups is 2. The number of hydrogen-bond donors (Lipinski definition) is 1. The lowest BCUT2D eigenvalue weighted by atomic mass is 9.95. The lowest BCUT2D eigenvalue weighted by molar-refractivity contribution is -0.132. The highest BCUT2D eigenvalue weighted by Gasteiger charge is 2.47. The van der Waals surface area contributed by atoms with Gasteiger partial charge in [-0.2, -0.15) is 0 Å². The van der Waals surface area contributed by atoms with E-state index in [0.717, 1.165) is 11.1 Å². The van der Waals surface area contributed by atoms with Gasteiger partial charge in [0.25, 0.3) is 11.7 Å². The van der Waals surface area contributed by atoms with Crippen LogP contribution in [-0.4, -0.2) is 23.9 Å². The van der Waals surface area contributed by atoms with E-state index in [-0.39, 0.29) is 11.3 Å². The minimum absolute atomic E-state index is 0.0284. The summed E-state index contributed by atoms with van der Waals surface area (Å²) in [6.45, 7) is 3.93. The van der Waals surface area contributed by atoms with Gasteiger partial charge in [-0.1, -0.05) is 29.8 Å². The van der Waals surface area contributed by atoms with Gasteiger partial charge in [-0.15, -0.1) is 0 Å². The first-order valence-corrected chi connectivity index (χ1v) is 10.5. The van der Waals surface area contributed by atoms with Gasteiger partial charge in [0.15, 0.2) is 0 Å². The first kappa shape index (κ1) is 21.7. The van der Waals surface area contributed by atoms with E-state index in [1.165, 1.54) is 4.90 Å². The van der Waals surface area contributed by atoms with E-state index in [0.29, 0.717) is 27.6 Å². The predicted molar refractivity (Wildman–Crippen MR) is 125 cm³/mol. The van der Waals surface area contributed by atoms with Crippen molar-refractivity contribution in [2.45, 2.75) is 19.9 Å². The number of carbonyl (C=O) groups excluding carboxylic acids is 2. The van der Waals surface area contributed by atoms with E-state index in [1.54, 1.807) is 55.6 Å². The number of rotatable bonds is 4. The van der Waals surface area contributed by atoms with Gasteiger partial charge < -0.3 is 9.84 Å². The van der Waals surface area contributed by atoms with Gasteiger partial charge in [0.05, 0.1) is 18.7 Å². The summed E-state index contributed by atoms with van der Waals surface area (Å²) in [5.74, 6) is -1.03. The Hall–Kier alpha value is -3.57. The topological polar surface area (TPSA) is 66.8 Å². The molecule has 1 unspecified atom stereocenters.